The molecule has 6 rings (SSSR count). The van der Waals surface area contributed by atoms with Crippen LogP contribution in [0.4, 0.5) is 5.69 Å². The molecule has 0 radical (unpaired) electrons. The summed E-state index contributed by atoms with van der Waals surface area (Å²) in [5.41, 5.74) is 3.33. The monoisotopic (exact) mass is 430 g/mol. The van der Waals surface area contributed by atoms with Crippen LogP contribution in [-0.4, -0.2) is 16.8 Å². The van der Waals surface area contributed by atoms with Crippen LogP contribution in [-0.2, 0) is 9.59 Å². The van der Waals surface area contributed by atoms with E-state index in [0.29, 0.717) is 11.2 Å². The number of aromatic nitrogens is 1. The van der Waals surface area contributed by atoms with Gasteiger partial charge in [0.05, 0.1) is 23.0 Å². The summed E-state index contributed by atoms with van der Waals surface area (Å²) in [5, 5.41) is 0.905. The van der Waals surface area contributed by atoms with Gasteiger partial charge in [-0.25, -0.2) is 4.90 Å². The van der Waals surface area contributed by atoms with Crippen LogP contribution in [0.25, 0.3) is 10.9 Å². The second-order valence-corrected chi connectivity index (χ2v) is 8.67. The summed E-state index contributed by atoms with van der Waals surface area (Å²) in [7, 11) is 0. The van der Waals surface area contributed by atoms with Crippen molar-refractivity contribution in [2.24, 2.45) is 11.8 Å². The minimum absolute atomic E-state index is 0.151. The zero-order valence-corrected chi connectivity index (χ0v) is 17.9. The molecule has 0 N–H and O–H groups in total. The number of benzene rings is 3. The molecule has 2 heterocycles. The van der Waals surface area contributed by atoms with E-state index in [1.807, 2.05) is 91.0 Å². The number of carbonyl (C=O) groups excluding carboxylic acids is 2. The molecule has 4 heteroatoms. The molecule has 4 nitrogen and oxygen atoms in total. The van der Waals surface area contributed by atoms with Crippen LogP contribution in [0.15, 0.2) is 109 Å². The first kappa shape index (κ1) is 19.6. The Morgan fingerprint density at radius 2 is 1.15 bits per heavy atom. The maximum absolute atomic E-state index is 14.0. The number of hydrogen-bond acceptors (Lipinski definition) is 3. The molecule has 3 aromatic carbocycles. The molecule has 2 aliphatic rings. The summed E-state index contributed by atoms with van der Waals surface area (Å²) in [5.74, 6) is -1.53. The first-order valence-electron chi connectivity index (χ1n) is 11.2. The Labute approximate surface area is 192 Å². The maximum Gasteiger partial charge on any atom is 0.238 e. The van der Waals surface area contributed by atoms with E-state index in [-0.39, 0.29) is 23.7 Å². The third kappa shape index (κ3) is 3.10. The molecule has 0 bridgehead atoms. The van der Waals surface area contributed by atoms with Crippen molar-refractivity contribution in [3.8, 4) is 0 Å². The van der Waals surface area contributed by atoms with E-state index in [1.54, 1.807) is 6.20 Å². The lowest BCUT2D eigenvalue weighted by atomic mass is 9.68. The number of pyridine rings is 1. The van der Waals surface area contributed by atoms with E-state index >= 15 is 0 Å². The standard InChI is InChI=1S/C29H22N2O2/c32-28-25-22(19-9-3-1-4-10-19)16-17-23(20-11-5-2-6-12-20)26(25)29(33)31(28)24-15-7-13-21-14-8-18-30-27(21)24/h1-18,22-23,25-26H/t22-,23+,25-,26+. The molecular weight excluding hydrogens is 408 g/mol. The molecule has 1 aromatic heterocycles. The van der Waals surface area contributed by atoms with Crippen molar-refractivity contribution in [1.82, 2.24) is 4.98 Å². The Hall–Kier alpha value is -4.05. The predicted octanol–water partition coefficient (Wildman–Crippen LogP) is 5.48. The lowest BCUT2D eigenvalue weighted by molar-refractivity contribution is -0.122. The number of carbonyl (C=O) groups is 2. The van der Waals surface area contributed by atoms with E-state index in [9.17, 15) is 9.59 Å². The van der Waals surface area contributed by atoms with Crippen LogP contribution in [0.1, 0.15) is 23.0 Å². The van der Waals surface area contributed by atoms with E-state index < -0.39 is 11.8 Å². The minimum atomic E-state index is -0.464. The number of nitrogens with zero attached hydrogens (tertiary/aromatic N) is 2. The van der Waals surface area contributed by atoms with Crippen molar-refractivity contribution in [3.05, 3.63) is 120 Å². The first-order chi connectivity index (χ1) is 16.2. The van der Waals surface area contributed by atoms with Gasteiger partial charge in [-0.15, -0.1) is 0 Å². The van der Waals surface area contributed by atoms with Gasteiger partial charge >= 0.3 is 0 Å². The van der Waals surface area contributed by atoms with Crippen LogP contribution >= 0.6 is 0 Å². The summed E-state index contributed by atoms with van der Waals surface area (Å²) >= 11 is 0. The molecule has 1 saturated heterocycles. The van der Waals surface area contributed by atoms with E-state index in [1.165, 1.54) is 4.90 Å². The van der Waals surface area contributed by atoms with Gasteiger partial charge in [0.2, 0.25) is 11.8 Å². The number of fused-ring (bicyclic) bond motifs is 2. The van der Waals surface area contributed by atoms with Gasteiger partial charge in [-0.1, -0.05) is 91.0 Å². The van der Waals surface area contributed by atoms with Gasteiger partial charge in [-0.2, -0.15) is 0 Å². The van der Waals surface area contributed by atoms with Crippen LogP contribution in [0.5, 0.6) is 0 Å². The Balaban J connectivity index is 1.52. The summed E-state index contributed by atoms with van der Waals surface area (Å²) < 4.78 is 0. The van der Waals surface area contributed by atoms with Crippen LogP contribution in [0.3, 0.4) is 0 Å². The van der Waals surface area contributed by atoms with Gasteiger partial charge < -0.3 is 0 Å². The molecule has 1 aliphatic heterocycles. The van der Waals surface area contributed by atoms with Crippen LogP contribution in [0.2, 0.25) is 0 Å². The molecule has 2 amide bonds. The van der Waals surface area contributed by atoms with Gasteiger partial charge in [-0.3, -0.25) is 14.6 Å². The van der Waals surface area contributed by atoms with Crippen molar-refractivity contribution in [2.45, 2.75) is 11.8 Å². The highest BCUT2D eigenvalue weighted by molar-refractivity contribution is 6.25. The first-order valence-corrected chi connectivity index (χ1v) is 11.2. The van der Waals surface area contributed by atoms with Crippen molar-refractivity contribution >= 4 is 28.4 Å². The highest BCUT2D eigenvalue weighted by Gasteiger charge is 2.55. The number of amides is 2. The SMILES string of the molecule is O=C1[C@@H]2[C@H](C(=O)N1c1cccc3cccnc13)[C@@H](c1ccccc1)C=C[C@H]2c1ccccc1. The van der Waals surface area contributed by atoms with E-state index in [4.69, 9.17) is 0 Å². The van der Waals surface area contributed by atoms with Crippen LogP contribution < -0.4 is 4.90 Å². The molecular formula is C29H22N2O2. The van der Waals surface area contributed by atoms with Gasteiger partial charge in [0.1, 0.15) is 0 Å². The molecule has 0 saturated carbocycles. The maximum atomic E-state index is 14.0. The normalized spacial score (nSPS) is 24.3. The van der Waals surface area contributed by atoms with E-state index in [2.05, 4.69) is 17.1 Å². The number of anilines is 1. The molecule has 33 heavy (non-hydrogen) atoms. The lowest BCUT2D eigenvalue weighted by Gasteiger charge is -2.32. The van der Waals surface area contributed by atoms with Gasteiger partial charge in [0.15, 0.2) is 0 Å². The Morgan fingerprint density at radius 3 is 1.73 bits per heavy atom. The van der Waals surface area contributed by atoms with Crippen molar-refractivity contribution in [1.29, 1.82) is 0 Å². The Kier molecular flexibility index (Phi) is 4.65. The van der Waals surface area contributed by atoms with E-state index in [0.717, 1.165) is 16.5 Å². The molecule has 1 aliphatic carbocycles. The Morgan fingerprint density at radius 1 is 0.606 bits per heavy atom. The minimum Gasteiger partial charge on any atom is -0.274 e. The molecule has 1 fully saturated rings. The summed E-state index contributed by atoms with van der Waals surface area (Å²) in [4.78, 5) is 33.9. The fraction of sp³-hybridized carbons (Fsp3) is 0.138. The summed E-state index contributed by atoms with van der Waals surface area (Å²) in [6.07, 6.45) is 5.93. The van der Waals surface area contributed by atoms with Gasteiger partial charge in [0, 0.05) is 23.4 Å². The zero-order chi connectivity index (χ0) is 22.4. The fourth-order valence-electron chi connectivity index (χ4n) is 5.44. The largest absolute Gasteiger partial charge is 0.274 e. The molecule has 0 unspecified atom stereocenters. The zero-order valence-electron chi connectivity index (χ0n) is 17.9. The second-order valence-electron chi connectivity index (χ2n) is 8.67. The fourth-order valence-corrected chi connectivity index (χ4v) is 5.44. The molecule has 4 atom stereocenters. The number of imide groups is 1. The average molecular weight is 431 g/mol. The predicted molar refractivity (Wildman–Crippen MR) is 129 cm³/mol. The van der Waals surface area contributed by atoms with Crippen LogP contribution in [0, 0.1) is 11.8 Å². The number of hydrogen-bond donors (Lipinski definition) is 0. The topological polar surface area (TPSA) is 50.3 Å². The number of rotatable bonds is 3. The number of para-hydroxylation sites is 1. The summed E-state index contributed by atoms with van der Waals surface area (Å²) in [6, 6.07) is 29.5. The smallest absolute Gasteiger partial charge is 0.238 e. The van der Waals surface area contributed by atoms with Crippen molar-refractivity contribution in [2.75, 3.05) is 4.90 Å². The molecule has 0 spiro atoms. The third-order valence-corrected chi connectivity index (χ3v) is 6.92. The Bertz CT molecular complexity index is 1310. The highest BCUT2D eigenvalue weighted by Crippen LogP contribution is 2.50. The quantitative estimate of drug-likeness (QED) is 0.320. The van der Waals surface area contributed by atoms with Crippen molar-refractivity contribution in [3.63, 3.8) is 0 Å². The second kappa shape index (κ2) is 7.82. The number of allylic oxidation sites excluding steroid dienone is 2. The lowest BCUT2D eigenvalue weighted by Crippen LogP contribution is -2.32. The van der Waals surface area contributed by atoms with Gasteiger partial charge in [-0.05, 0) is 23.3 Å². The average Bonchev–Trinajstić information content (AvgIpc) is 3.14. The molecule has 160 valence electrons. The van der Waals surface area contributed by atoms with Gasteiger partial charge in [0.25, 0.3) is 0 Å². The third-order valence-electron chi connectivity index (χ3n) is 6.92. The molecule has 4 aromatic rings. The highest BCUT2D eigenvalue weighted by atomic mass is 16.2. The van der Waals surface area contributed by atoms with Crippen molar-refractivity contribution < 1.29 is 9.59 Å². The summed E-state index contributed by atoms with van der Waals surface area (Å²) in [6.45, 7) is 0.